The van der Waals surface area contributed by atoms with Crippen molar-refractivity contribution in [2.24, 2.45) is 11.5 Å². The summed E-state index contributed by atoms with van der Waals surface area (Å²) in [6, 6.07) is -3.41. The van der Waals surface area contributed by atoms with Crippen molar-refractivity contribution in [2.45, 2.75) is 121 Å². The number of Topliss-reactive ketones (excluding diaryl/α,β-unsaturated/α-hetero) is 2. The number of carbonyl (C=O) groups excluding carboxylic acids is 6. The lowest BCUT2D eigenvalue weighted by Crippen LogP contribution is -2.61. The lowest BCUT2D eigenvalue weighted by atomic mass is 9.80. The van der Waals surface area contributed by atoms with E-state index in [1.807, 2.05) is 0 Å². The van der Waals surface area contributed by atoms with Gasteiger partial charge in [0.2, 0.25) is 11.8 Å². The molecule has 0 aromatic carbocycles. The van der Waals surface area contributed by atoms with Crippen LogP contribution in [0.1, 0.15) is 85.4 Å². The van der Waals surface area contributed by atoms with E-state index < -0.39 is 126 Å². The number of halogens is 1. The summed E-state index contributed by atoms with van der Waals surface area (Å²) in [6.07, 6.45) is -8.97. The van der Waals surface area contributed by atoms with E-state index in [-0.39, 0.29) is 5.56 Å². The van der Waals surface area contributed by atoms with Crippen LogP contribution in [0.25, 0.3) is 6.08 Å². The third-order valence-corrected chi connectivity index (χ3v) is 7.48. The Bertz CT molecular complexity index is 1640. The average molecular weight is 790 g/mol. The molecule has 6 atom stereocenters. The molecule has 1 aromatic rings. The number of rotatable bonds is 15. The standard InChI is InChI=1S/C31H45BrN6O13/c1-29(2,3)50-27(46)35-16(7-9-18(33)39)21(41)22(42)24-31(48,13-20(49-24)38-14-15(11-12-32)25(44)37-26(38)45)23(43)17(8-10-19(34)40)36-28(47)51-30(4,5)6/h11-12,14,16-17,20,22,24,42,48H,7-10,13H2,1-6H3,(H2,33,39)(H2,34,40)(H,35,46)(H,36,47)(H,37,44,45)/b12-11+/t16-,17-,20+,22?,24+,31+/m0/s1. The zero-order chi connectivity index (χ0) is 39.1. The molecular weight excluding hydrogens is 744 g/mol. The van der Waals surface area contributed by atoms with Gasteiger partial charge in [-0.25, -0.2) is 14.4 Å². The largest absolute Gasteiger partial charge is 0.444 e. The summed E-state index contributed by atoms with van der Waals surface area (Å²) in [6.45, 7) is 9.23. The quantitative estimate of drug-likeness (QED) is 0.121. The maximum atomic E-state index is 14.2. The Kier molecular flexibility index (Phi) is 14.4. The van der Waals surface area contributed by atoms with E-state index in [0.717, 1.165) is 10.8 Å². The number of aromatic amines is 1. The molecular formula is C31H45BrN6O13. The molecule has 9 N–H and O–H groups in total. The van der Waals surface area contributed by atoms with Crippen molar-refractivity contribution in [1.82, 2.24) is 20.2 Å². The minimum absolute atomic E-state index is 0.0796. The highest BCUT2D eigenvalue weighted by atomic mass is 79.9. The lowest BCUT2D eigenvalue weighted by Gasteiger charge is -2.34. The summed E-state index contributed by atoms with van der Waals surface area (Å²) in [7, 11) is 0. The smallest absolute Gasteiger partial charge is 0.408 e. The van der Waals surface area contributed by atoms with Crippen molar-refractivity contribution in [3.8, 4) is 0 Å². The molecule has 1 saturated heterocycles. The summed E-state index contributed by atoms with van der Waals surface area (Å²) in [5.41, 5.74) is 3.60. The molecule has 0 saturated carbocycles. The van der Waals surface area contributed by atoms with E-state index in [0.29, 0.717) is 0 Å². The van der Waals surface area contributed by atoms with Gasteiger partial charge in [-0.2, -0.15) is 0 Å². The van der Waals surface area contributed by atoms with Gasteiger partial charge in [-0.3, -0.25) is 33.5 Å². The van der Waals surface area contributed by atoms with Gasteiger partial charge < -0.3 is 46.5 Å². The third kappa shape index (κ3) is 12.4. The number of hydrogen-bond acceptors (Lipinski definition) is 13. The van der Waals surface area contributed by atoms with E-state index in [2.05, 4.69) is 31.5 Å². The van der Waals surface area contributed by atoms with Gasteiger partial charge in [0.25, 0.3) is 5.56 Å². The zero-order valence-corrected chi connectivity index (χ0v) is 30.6. The fraction of sp³-hybridized carbons (Fsp3) is 0.613. The zero-order valence-electron chi connectivity index (χ0n) is 29.0. The summed E-state index contributed by atoms with van der Waals surface area (Å²) in [4.78, 5) is 105. The van der Waals surface area contributed by atoms with Crippen molar-refractivity contribution in [3.63, 3.8) is 0 Å². The van der Waals surface area contributed by atoms with E-state index in [1.54, 1.807) is 0 Å². The second-order valence-corrected chi connectivity index (χ2v) is 14.3. The number of primary amides is 2. The van der Waals surface area contributed by atoms with E-state index in [4.69, 9.17) is 25.7 Å². The minimum Gasteiger partial charge on any atom is -0.444 e. The van der Waals surface area contributed by atoms with E-state index in [9.17, 15) is 48.6 Å². The molecule has 1 unspecified atom stereocenters. The van der Waals surface area contributed by atoms with Gasteiger partial charge in [-0.1, -0.05) is 15.9 Å². The molecule has 0 spiro atoms. The van der Waals surface area contributed by atoms with Crippen LogP contribution < -0.4 is 33.3 Å². The van der Waals surface area contributed by atoms with Crippen LogP contribution in [-0.4, -0.2) is 96.4 Å². The molecule has 1 aliphatic rings. The van der Waals surface area contributed by atoms with Crippen LogP contribution in [0, 0.1) is 0 Å². The van der Waals surface area contributed by atoms with Crippen LogP contribution >= 0.6 is 15.9 Å². The lowest BCUT2D eigenvalue weighted by molar-refractivity contribution is -0.163. The second kappa shape index (κ2) is 17.2. The van der Waals surface area contributed by atoms with Crippen LogP contribution in [0.15, 0.2) is 20.8 Å². The Morgan fingerprint density at radius 3 is 1.96 bits per heavy atom. The number of amides is 4. The minimum atomic E-state index is -2.92. The number of ketones is 2. The fourth-order valence-corrected chi connectivity index (χ4v) is 5.32. The molecule has 0 bridgehead atoms. The highest BCUT2D eigenvalue weighted by molar-refractivity contribution is 9.11. The van der Waals surface area contributed by atoms with Crippen LogP contribution in [0.4, 0.5) is 9.59 Å². The first-order valence-corrected chi connectivity index (χ1v) is 16.6. The molecule has 0 radical (unpaired) electrons. The molecule has 1 aromatic heterocycles. The predicted octanol–water partition coefficient (Wildman–Crippen LogP) is -0.262. The Labute approximate surface area is 300 Å². The van der Waals surface area contributed by atoms with Gasteiger partial charge in [0, 0.05) is 25.5 Å². The first-order chi connectivity index (χ1) is 23.4. The van der Waals surface area contributed by atoms with Gasteiger partial charge in [-0.15, -0.1) is 0 Å². The summed E-state index contributed by atoms with van der Waals surface area (Å²) in [5.74, 6) is -4.28. The number of aromatic nitrogens is 2. The molecule has 2 heterocycles. The second-order valence-electron chi connectivity index (χ2n) is 13.8. The summed E-state index contributed by atoms with van der Waals surface area (Å²) in [5, 5.41) is 28.1. The van der Waals surface area contributed by atoms with Crippen molar-refractivity contribution < 1.29 is 53.2 Å². The molecule has 19 nitrogen and oxygen atoms in total. The number of H-pyrrole nitrogens is 1. The van der Waals surface area contributed by atoms with Gasteiger partial charge in [0.05, 0.1) is 17.6 Å². The first kappa shape index (κ1) is 42.8. The monoisotopic (exact) mass is 788 g/mol. The maximum Gasteiger partial charge on any atom is 0.408 e. The van der Waals surface area contributed by atoms with Gasteiger partial charge in [0.1, 0.15) is 29.6 Å². The third-order valence-electron chi connectivity index (χ3n) is 7.21. The van der Waals surface area contributed by atoms with Crippen molar-refractivity contribution in [2.75, 3.05) is 0 Å². The van der Waals surface area contributed by atoms with Crippen molar-refractivity contribution in [3.05, 3.63) is 37.6 Å². The number of aliphatic hydroxyl groups is 2. The Morgan fingerprint density at radius 2 is 1.49 bits per heavy atom. The summed E-state index contributed by atoms with van der Waals surface area (Å²) >= 11 is 3.02. The van der Waals surface area contributed by atoms with Gasteiger partial charge in [-0.05, 0) is 65.4 Å². The predicted molar refractivity (Wildman–Crippen MR) is 182 cm³/mol. The number of aliphatic hydroxyl groups excluding tert-OH is 1. The summed E-state index contributed by atoms with van der Waals surface area (Å²) < 4.78 is 17.0. The van der Waals surface area contributed by atoms with Gasteiger partial charge >= 0.3 is 17.9 Å². The highest BCUT2D eigenvalue weighted by Gasteiger charge is 2.59. The average Bonchev–Trinajstić information content (AvgIpc) is 3.33. The number of nitrogens with zero attached hydrogens (tertiary/aromatic N) is 1. The maximum absolute atomic E-state index is 14.2. The molecule has 1 aliphatic heterocycles. The number of nitrogens with one attached hydrogen (secondary N) is 3. The van der Waals surface area contributed by atoms with Crippen LogP contribution in [0.5, 0.6) is 0 Å². The molecule has 2 rings (SSSR count). The van der Waals surface area contributed by atoms with Crippen LogP contribution in [0.2, 0.25) is 0 Å². The highest BCUT2D eigenvalue weighted by Crippen LogP contribution is 2.40. The van der Waals surface area contributed by atoms with E-state index >= 15 is 0 Å². The molecule has 284 valence electrons. The Morgan fingerprint density at radius 1 is 1.00 bits per heavy atom. The van der Waals surface area contributed by atoms with E-state index in [1.165, 1.54) is 52.6 Å². The molecule has 20 heteroatoms. The molecule has 51 heavy (non-hydrogen) atoms. The normalized spacial score (nSPS) is 21.0. The molecule has 0 aliphatic carbocycles. The molecule has 1 fully saturated rings. The number of ether oxygens (including phenoxy) is 3. The number of carbonyl (C=O) groups is 6. The SMILES string of the molecule is CC(C)(C)OC(=O)N[C@@H](CCC(N)=O)C(=O)C(O)[C@H]1O[C@@H](n2cc(/C=C/Br)c(=O)[nH]c2=O)C[C@@]1(O)C(=O)[C@H](CCC(N)=O)NC(=O)OC(C)(C)C. The van der Waals surface area contributed by atoms with Crippen LogP contribution in [-0.2, 0) is 33.4 Å². The number of nitrogens with two attached hydrogens (primary N) is 2. The molecule has 4 amide bonds. The first-order valence-electron chi connectivity index (χ1n) is 15.7. The fourth-order valence-electron chi connectivity index (χ4n) is 5.04. The van der Waals surface area contributed by atoms with Crippen LogP contribution in [0.3, 0.4) is 0 Å². The van der Waals surface area contributed by atoms with Crippen molar-refractivity contribution in [1.29, 1.82) is 0 Å². The Hall–Kier alpha value is -4.40. The van der Waals surface area contributed by atoms with Crippen molar-refractivity contribution >= 4 is 57.6 Å². The number of alkyl carbamates (subject to hydrolysis) is 2. The topological polar surface area (TPSA) is 302 Å². The Balaban J connectivity index is 2.69. The van der Waals surface area contributed by atoms with Gasteiger partial charge in [0.15, 0.2) is 17.2 Å². The number of hydrogen-bond donors (Lipinski definition) is 7.